The second-order valence-electron chi connectivity index (χ2n) is 5.31. The van der Waals surface area contributed by atoms with Gasteiger partial charge in [0.15, 0.2) is 0 Å². The van der Waals surface area contributed by atoms with E-state index < -0.39 is 5.97 Å². The normalized spacial score (nSPS) is 24.9. The molecule has 2 unspecified atom stereocenters. The van der Waals surface area contributed by atoms with Crippen molar-refractivity contribution in [3.63, 3.8) is 0 Å². The van der Waals surface area contributed by atoms with Gasteiger partial charge in [-0.05, 0) is 37.8 Å². The molecule has 0 saturated heterocycles. The van der Waals surface area contributed by atoms with Crippen molar-refractivity contribution in [1.82, 2.24) is 5.32 Å². The van der Waals surface area contributed by atoms with Crippen LogP contribution in [0.2, 0.25) is 0 Å². The Balaban J connectivity index is 1.97. The van der Waals surface area contributed by atoms with Crippen molar-refractivity contribution in [2.24, 2.45) is 5.92 Å². The van der Waals surface area contributed by atoms with Crippen molar-refractivity contribution in [2.75, 3.05) is 0 Å². The Bertz CT molecular complexity index is 450. The minimum atomic E-state index is -0.653. The molecular formula is C15H20BrNO2. The van der Waals surface area contributed by atoms with Crippen molar-refractivity contribution in [3.8, 4) is 0 Å². The maximum absolute atomic E-state index is 11.1. The van der Waals surface area contributed by atoms with E-state index in [0.29, 0.717) is 6.04 Å². The van der Waals surface area contributed by atoms with Crippen molar-refractivity contribution in [2.45, 2.75) is 44.7 Å². The van der Waals surface area contributed by atoms with Crippen LogP contribution < -0.4 is 5.32 Å². The molecule has 19 heavy (non-hydrogen) atoms. The van der Waals surface area contributed by atoms with E-state index in [0.717, 1.165) is 30.2 Å². The fourth-order valence-electron chi connectivity index (χ4n) is 2.84. The monoisotopic (exact) mass is 325 g/mol. The van der Waals surface area contributed by atoms with Gasteiger partial charge in [-0.2, -0.15) is 0 Å². The highest BCUT2D eigenvalue weighted by Crippen LogP contribution is 2.28. The Morgan fingerprint density at radius 2 is 2.16 bits per heavy atom. The molecule has 0 amide bonds. The van der Waals surface area contributed by atoms with Crippen LogP contribution in [0, 0.1) is 5.92 Å². The number of hydrogen-bond acceptors (Lipinski definition) is 2. The van der Waals surface area contributed by atoms with Gasteiger partial charge < -0.3 is 10.4 Å². The van der Waals surface area contributed by atoms with E-state index in [1.165, 1.54) is 5.56 Å². The average Bonchev–Trinajstić information content (AvgIpc) is 2.39. The summed E-state index contributed by atoms with van der Waals surface area (Å²) >= 11 is 3.56. The van der Waals surface area contributed by atoms with Crippen LogP contribution in [0.4, 0.5) is 0 Å². The molecule has 3 nitrogen and oxygen atoms in total. The molecule has 3 atom stereocenters. The number of benzene rings is 1. The molecule has 104 valence electrons. The molecule has 1 aromatic carbocycles. The zero-order chi connectivity index (χ0) is 13.8. The summed E-state index contributed by atoms with van der Waals surface area (Å²) in [4.78, 5) is 11.1. The highest BCUT2D eigenvalue weighted by atomic mass is 79.9. The maximum atomic E-state index is 11.1. The first-order valence-corrected chi connectivity index (χ1v) is 7.60. The molecule has 1 aliphatic rings. The number of carbonyl (C=O) groups is 1. The maximum Gasteiger partial charge on any atom is 0.306 e. The predicted octanol–water partition coefficient (Wildman–Crippen LogP) is 3.74. The number of carboxylic acid groups (broad SMARTS) is 1. The molecule has 0 heterocycles. The van der Waals surface area contributed by atoms with Crippen molar-refractivity contribution in [3.05, 3.63) is 34.3 Å². The Kier molecular flexibility index (Phi) is 4.99. The molecule has 1 fully saturated rings. The second kappa shape index (κ2) is 6.53. The van der Waals surface area contributed by atoms with Crippen LogP contribution in [0.1, 0.15) is 44.2 Å². The van der Waals surface area contributed by atoms with Gasteiger partial charge in [0.05, 0.1) is 5.92 Å². The number of rotatable bonds is 4. The molecule has 1 aliphatic carbocycles. The zero-order valence-corrected chi connectivity index (χ0v) is 12.7. The number of carboxylic acids is 1. The molecule has 0 aliphatic heterocycles. The topological polar surface area (TPSA) is 49.3 Å². The van der Waals surface area contributed by atoms with Crippen molar-refractivity contribution >= 4 is 21.9 Å². The first-order valence-electron chi connectivity index (χ1n) is 6.81. The van der Waals surface area contributed by atoms with Gasteiger partial charge in [0.2, 0.25) is 0 Å². The molecular weight excluding hydrogens is 306 g/mol. The molecule has 2 rings (SSSR count). The van der Waals surface area contributed by atoms with Crippen molar-refractivity contribution < 1.29 is 9.90 Å². The summed E-state index contributed by atoms with van der Waals surface area (Å²) in [5.74, 6) is -0.835. The third-order valence-corrected chi connectivity index (χ3v) is 4.60. The smallest absolute Gasteiger partial charge is 0.306 e. The van der Waals surface area contributed by atoms with Gasteiger partial charge in [0.1, 0.15) is 0 Å². The van der Waals surface area contributed by atoms with Gasteiger partial charge in [-0.1, -0.05) is 40.5 Å². The third kappa shape index (κ3) is 3.80. The Morgan fingerprint density at radius 3 is 2.84 bits per heavy atom. The first kappa shape index (κ1) is 14.5. The number of aliphatic carboxylic acids is 1. The summed E-state index contributed by atoms with van der Waals surface area (Å²) in [6, 6.07) is 8.69. The Morgan fingerprint density at radius 1 is 1.42 bits per heavy atom. The van der Waals surface area contributed by atoms with Gasteiger partial charge in [0, 0.05) is 16.6 Å². The lowest BCUT2D eigenvalue weighted by Gasteiger charge is -2.30. The fraction of sp³-hybridized carbons (Fsp3) is 0.533. The standard InChI is InChI=1S/C15H20BrNO2/c1-10(13-7-2-3-8-14(13)16)17-12-6-4-5-11(9-12)15(18)19/h2-3,7-8,10-12,17H,4-6,9H2,1H3,(H,18,19)/t10-,11?,12?/m1/s1. The molecule has 0 radical (unpaired) electrons. The molecule has 0 aromatic heterocycles. The first-order chi connectivity index (χ1) is 9.08. The summed E-state index contributed by atoms with van der Waals surface area (Å²) < 4.78 is 1.10. The van der Waals surface area contributed by atoms with Crippen molar-refractivity contribution in [1.29, 1.82) is 0 Å². The lowest BCUT2D eigenvalue weighted by Crippen LogP contribution is -2.37. The quantitative estimate of drug-likeness (QED) is 0.886. The van der Waals surface area contributed by atoms with E-state index >= 15 is 0 Å². The van der Waals surface area contributed by atoms with Crippen LogP contribution in [0.25, 0.3) is 0 Å². The van der Waals surface area contributed by atoms with Crippen LogP contribution in [0.5, 0.6) is 0 Å². The van der Waals surface area contributed by atoms with E-state index in [-0.39, 0.29) is 12.0 Å². The van der Waals surface area contributed by atoms with Crippen LogP contribution in [0.15, 0.2) is 28.7 Å². The largest absolute Gasteiger partial charge is 0.481 e. The van der Waals surface area contributed by atoms with E-state index in [9.17, 15) is 4.79 Å². The predicted molar refractivity (Wildman–Crippen MR) is 79.1 cm³/mol. The Hall–Kier alpha value is -0.870. The van der Waals surface area contributed by atoms with E-state index in [4.69, 9.17) is 5.11 Å². The number of hydrogen-bond donors (Lipinski definition) is 2. The summed E-state index contributed by atoms with van der Waals surface area (Å²) in [6.07, 6.45) is 3.62. The molecule has 1 aromatic rings. The number of nitrogens with one attached hydrogen (secondary N) is 1. The molecule has 2 N–H and O–H groups in total. The van der Waals surface area contributed by atoms with Gasteiger partial charge in [0.25, 0.3) is 0 Å². The summed E-state index contributed by atoms with van der Waals surface area (Å²) in [5.41, 5.74) is 1.22. The molecule has 1 saturated carbocycles. The lowest BCUT2D eigenvalue weighted by atomic mass is 9.85. The zero-order valence-electron chi connectivity index (χ0n) is 11.1. The summed E-state index contributed by atoms with van der Waals surface area (Å²) in [5, 5.41) is 12.7. The van der Waals surface area contributed by atoms with E-state index in [2.05, 4.69) is 34.2 Å². The molecule has 0 bridgehead atoms. The number of halogens is 1. The van der Waals surface area contributed by atoms with Crippen LogP contribution in [-0.4, -0.2) is 17.1 Å². The average molecular weight is 326 g/mol. The van der Waals surface area contributed by atoms with Crippen LogP contribution >= 0.6 is 15.9 Å². The van der Waals surface area contributed by atoms with Crippen LogP contribution in [0.3, 0.4) is 0 Å². The fourth-order valence-corrected chi connectivity index (χ4v) is 3.46. The van der Waals surface area contributed by atoms with Crippen LogP contribution in [-0.2, 0) is 4.79 Å². The lowest BCUT2D eigenvalue weighted by molar-refractivity contribution is -0.143. The third-order valence-electron chi connectivity index (χ3n) is 3.88. The van der Waals surface area contributed by atoms with E-state index in [1.807, 2.05) is 18.2 Å². The Labute approximate surface area is 122 Å². The molecule has 0 spiro atoms. The molecule has 4 heteroatoms. The summed E-state index contributed by atoms with van der Waals surface area (Å²) in [7, 11) is 0. The van der Waals surface area contributed by atoms with E-state index in [1.54, 1.807) is 0 Å². The minimum absolute atomic E-state index is 0.183. The minimum Gasteiger partial charge on any atom is -0.481 e. The van der Waals surface area contributed by atoms with Gasteiger partial charge in [-0.25, -0.2) is 0 Å². The highest BCUT2D eigenvalue weighted by molar-refractivity contribution is 9.10. The SMILES string of the molecule is C[C@@H](NC1CCCC(C(=O)O)C1)c1ccccc1Br. The van der Waals surface area contributed by atoms with Gasteiger partial charge in [-0.15, -0.1) is 0 Å². The summed E-state index contributed by atoms with van der Waals surface area (Å²) in [6.45, 7) is 2.13. The highest BCUT2D eigenvalue weighted by Gasteiger charge is 2.27. The van der Waals surface area contributed by atoms with Gasteiger partial charge in [-0.3, -0.25) is 4.79 Å². The second-order valence-corrected chi connectivity index (χ2v) is 6.16. The van der Waals surface area contributed by atoms with Gasteiger partial charge >= 0.3 is 5.97 Å².